The maximum Gasteiger partial charge on any atom is 0.120 e. The molecule has 64 valence electrons. The van der Waals surface area contributed by atoms with E-state index in [1.807, 2.05) is 0 Å². The third-order valence-corrected chi connectivity index (χ3v) is 2.45. The Hall–Kier alpha value is -0.370. The van der Waals surface area contributed by atoms with Gasteiger partial charge in [0.2, 0.25) is 0 Å². The van der Waals surface area contributed by atoms with Crippen LogP contribution in [0.1, 0.15) is 38.5 Å². The second-order valence-electron chi connectivity index (χ2n) is 3.43. The minimum atomic E-state index is -0.0968. The molecule has 0 aromatic heterocycles. The number of rotatable bonds is 3. The Bertz CT molecular complexity index is 123. The molecular weight excluding hydrogens is 140 g/mol. The van der Waals surface area contributed by atoms with Gasteiger partial charge in [0.05, 0.1) is 6.10 Å². The van der Waals surface area contributed by atoms with Crippen LogP contribution < -0.4 is 0 Å². The van der Waals surface area contributed by atoms with Gasteiger partial charge in [0.1, 0.15) is 6.29 Å². The number of aldehydes is 1. The molecule has 1 N–H and O–H groups in total. The van der Waals surface area contributed by atoms with Gasteiger partial charge in [-0.15, -0.1) is 0 Å². The van der Waals surface area contributed by atoms with E-state index in [0.29, 0.717) is 12.3 Å². The van der Waals surface area contributed by atoms with Gasteiger partial charge >= 0.3 is 0 Å². The SMILES string of the molecule is O=CCCC1CCCC(O)C1. The molecule has 0 aliphatic heterocycles. The van der Waals surface area contributed by atoms with Crippen molar-refractivity contribution in [3.05, 3.63) is 0 Å². The molecule has 0 aromatic carbocycles. The molecule has 1 aliphatic carbocycles. The van der Waals surface area contributed by atoms with Crippen LogP contribution >= 0.6 is 0 Å². The molecule has 1 aliphatic rings. The third-order valence-electron chi connectivity index (χ3n) is 2.45. The Morgan fingerprint density at radius 2 is 2.27 bits per heavy atom. The second-order valence-corrected chi connectivity index (χ2v) is 3.43. The van der Waals surface area contributed by atoms with Crippen molar-refractivity contribution >= 4 is 6.29 Å². The van der Waals surface area contributed by atoms with Crippen LogP contribution in [0, 0.1) is 5.92 Å². The lowest BCUT2D eigenvalue weighted by atomic mass is 9.84. The van der Waals surface area contributed by atoms with E-state index in [1.165, 1.54) is 6.42 Å². The highest BCUT2D eigenvalue weighted by Crippen LogP contribution is 2.27. The average molecular weight is 156 g/mol. The molecule has 0 bridgehead atoms. The summed E-state index contributed by atoms with van der Waals surface area (Å²) in [5.41, 5.74) is 0. The summed E-state index contributed by atoms with van der Waals surface area (Å²) in [7, 11) is 0. The smallest absolute Gasteiger partial charge is 0.120 e. The molecular formula is C9H16O2. The summed E-state index contributed by atoms with van der Waals surface area (Å²) in [4.78, 5) is 10.1. The monoisotopic (exact) mass is 156 g/mol. The maximum atomic E-state index is 10.1. The average Bonchev–Trinajstić information content (AvgIpc) is 2.01. The van der Waals surface area contributed by atoms with Crippen LogP contribution in [0.2, 0.25) is 0 Å². The van der Waals surface area contributed by atoms with Crippen molar-refractivity contribution < 1.29 is 9.90 Å². The standard InChI is InChI=1S/C9H16O2/c10-6-2-4-8-3-1-5-9(11)7-8/h6,8-9,11H,1-5,7H2. The van der Waals surface area contributed by atoms with E-state index >= 15 is 0 Å². The summed E-state index contributed by atoms with van der Waals surface area (Å²) in [6, 6.07) is 0. The number of carbonyl (C=O) groups excluding carboxylic acids is 1. The van der Waals surface area contributed by atoms with E-state index < -0.39 is 0 Å². The molecule has 1 rings (SSSR count). The van der Waals surface area contributed by atoms with E-state index in [0.717, 1.165) is 32.0 Å². The fourth-order valence-electron chi connectivity index (χ4n) is 1.83. The fraction of sp³-hybridized carbons (Fsp3) is 0.889. The lowest BCUT2D eigenvalue weighted by Crippen LogP contribution is -2.19. The highest BCUT2D eigenvalue weighted by molar-refractivity contribution is 5.49. The Balaban J connectivity index is 2.17. The lowest BCUT2D eigenvalue weighted by Gasteiger charge is -2.24. The number of aliphatic hydroxyl groups is 1. The Morgan fingerprint density at radius 1 is 1.45 bits per heavy atom. The van der Waals surface area contributed by atoms with Gasteiger partial charge in [-0.25, -0.2) is 0 Å². The molecule has 1 fully saturated rings. The summed E-state index contributed by atoms with van der Waals surface area (Å²) in [6.45, 7) is 0. The first-order chi connectivity index (χ1) is 5.33. The van der Waals surface area contributed by atoms with Gasteiger partial charge in [0.15, 0.2) is 0 Å². The second kappa shape index (κ2) is 4.50. The lowest BCUT2D eigenvalue weighted by molar-refractivity contribution is -0.108. The predicted molar refractivity (Wildman–Crippen MR) is 43.3 cm³/mol. The van der Waals surface area contributed by atoms with Crippen LogP contribution in [-0.2, 0) is 4.79 Å². The zero-order valence-corrected chi connectivity index (χ0v) is 6.83. The largest absolute Gasteiger partial charge is 0.393 e. The summed E-state index contributed by atoms with van der Waals surface area (Å²) in [5, 5.41) is 9.29. The Morgan fingerprint density at radius 3 is 2.91 bits per heavy atom. The van der Waals surface area contributed by atoms with Crippen molar-refractivity contribution in [2.45, 2.75) is 44.6 Å². The van der Waals surface area contributed by atoms with Gasteiger partial charge in [-0.2, -0.15) is 0 Å². The van der Waals surface area contributed by atoms with Gasteiger partial charge in [-0.1, -0.05) is 12.8 Å². The quantitative estimate of drug-likeness (QED) is 0.629. The zero-order chi connectivity index (χ0) is 8.10. The van der Waals surface area contributed by atoms with Crippen molar-refractivity contribution in [2.75, 3.05) is 0 Å². The van der Waals surface area contributed by atoms with E-state index in [4.69, 9.17) is 0 Å². The van der Waals surface area contributed by atoms with Crippen LogP contribution in [0.3, 0.4) is 0 Å². The number of aliphatic hydroxyl groups excluding tert-OH is 1. The van der Waals surface area contributed by atoms with E-state index in [1.54, 1.807) is 0 Å². The molecule has 11 heavy (non-hydrogen) atoms. The number of hydrogen-bond acceptors (Lipinski definition) is 2. The van der Waals surface area contributed by atoms with Gasteiger partial charge in [-0.3, -0.25) is 0 Å². The number of hydrogen-bond donors (Lipinski definition) is 1. The molecule has 0 saturated heterocycles. The van der Waals surface area contributed by atoms with Gasteiger partial charge in [0, 0.05) is 6.42 Å². The van der Waals surface area contributed by atoms with E-state index in [2.05, 4.69) is 0 Å². The van der Waals surface area contributed by atoms with Crippen molar-refractivity contribution in [1.29, 1.82) is 0 Å². The van der Waals surface area contributed by atoms with Gasteiger partial charge in [0.25, 0.3) is 0 Å². The first-order valence-electron chi connectivity index (χ1n) is 4.44. The first kappa shape index (κ1) is 8.72. The molecule has 0 aromatic rings. The minimum Gasteiger partial charge on any atom is -0.393 e. The summed E-state index contributed by atoms with van der Waals surface area (Å²) < 4.78 is 0. The fourth-order valence-corrected chi connectivity index (χ4v) is 1.83. The third kappa shape index (κ3) is 3.02. The molecule has 2 unspecified atom stereocenters. The van der Waals surface area contributed by atoms with Crippen molar-refractivity contribution in [3.63, 3.8) is 0 Å². The van der Waals surface area contributed by atoms with Gasteiger partial charge in [-0.05, 0) is 25.2 Å². The predicted octanol–water partition coefficient (Wildman–Crippen LogP) is 1.52. The first-order valence-corrected chi connectivity index (χ1v) is 4.44. The Kier molecular flexibility index (Phi) is 3.57. The molecule has 1 saturated carbocycles. The number of carbonyl (C=O) groups is 1. The maximum absolute atomic E-state index is 10.1. The van der Waals surface area contributed by atoms with Crippen LogP contribution in [0.25, 0.3) is 0 Å². The Labute approximate surface area is 67.6 Å². The summed E-state index contributed by atoms with van der Waals surface area (Å²) in [5.74, 6) is 0.601. The van der Waals surface area contributed by atoms with E-state index in [-0.39, 0.29) is 6.10 Å². The molecule has 2 heteroatoms. The van der Waals surface area contributed by atoms with E-state index in [9.17, 15) is 9.90 Å². The molecule has 0 spiro atoms. The highest BCUT2D eigenvalue weighted by atomic mass is 16.3. The highest BCUT2D eigenvalue weighted by Gasteiger charge is 2.19. The molecule has 0 heterocycles. The van der Waals surface area contributed by atoms with Crippen molar-refractivity contribution in [2.24, 2.45) is 5.92 Å². The molecule has 2 nitrogen and oxygen atoms in total. The van der Waals surface area contributed by atoms with Crippen molar-refractivity contribution in [1.82, 2.24) is 0 Å². The van der Waals surface area contributed by atoms with Crippen molar-refractivity contribution in [3.8, 4) is 0 Å². The zero-order valence-electron chi connectivity index (χ0n) is 6.83. The minimum absolute atomic E-state index is 0.0968. The van der Waals surface area contributed by atoms with Crippen LogP contribution in [0.5, 0.6) is 0 Å². The normalized spacial score (nSPS) is 31.7. The molecule has 0 amide bonds. The topological polar surface area (TPSA) is 37.3 Å². The van der Waals surface area contributed by atoms with Crippen LogP contribution in [-0.4, -0.2) is 17.5 Å². The van der Waals surface area contributed by atoms with Crippen LogP contribution in [0.15, 0.2) is 0 Å². The van der Waals surface area contributed by atoms with Crippen LogP contribution in [0.4, 0.5) is 0 Å². The summed E-state index contributed by atoms with van der Waals surface area (Å²) in [6.07, 6.45) is 6.71. The molecule has 2 atom stereocenters. The summed E-state index contributed by atoms with van der Waals surface area (Å²) >= 11 is 0. The molecule has 0 radical (unpaired) electrons. The van der Waals surface area contributed by atoms with Gasteiger partial charge < -0.3 is 9.90 Å².